The highest BCUT2D eigenvalue weighted by molar-refractivity contribution is 5.94. The minimum Gasteiger partial charge on any atom is -0.444 e. The predicted octanol–water partition coefficient (Wildman–Crippen LogP) is 2.55. The number of aryl methyl sites for hydroxylation is 2. The molecule has 0 saturated carbocycles. The van der Waals surface area contributed by atoms with Gasteiger partial charge in [-0.25, -0.2) is 4.79 Å². The van der Waals surface area contributed by atoms with Gasteiger partial charge in [0.15, 0.2) is 0 Å². The quantitative estimate of drug-likeness (QED) is 0.828. The molecule has 7 heteroatoms. The first kappa shape index (κ1) is 21.7. The van der Waals surface area contributed by atoms with Crippen LogP contribution in [0.2, 0.25) is 0 Å². The number of carbonyl (C=O) groups is 3. The Morgan fingerprint density at radius 1 is 1.11 bits per heavy atom. The average Bonchev–Trinajstić information content (AvgIpc) is 2.61. The van der Waals surface area contributed by atoms with Gasteiger partial charge in [0.2, 0.25) is 5.91 Å². The van der Waals surface area contributed by atoms with Crippen LogP contribution in [0.25, 0.3) is 0 Å². The maximum absolute atomic E-state index is 12.4. The van der Waals surface area contributed by atoms with E-state index in [4.69, 9.17) is 4.74 Å². The highest BCUT2D eigenvalue weighted by atomic mass is 16.6. The van der Waals surface area contributed by atoms with Gasteiger partial charge in [0.1, 0.15) is 12.1 Å². The van der Waals surface area contributed by atoms with Crippen molar-refractivity contribution >= 4 is 17.9 Å². The molecule has 0 bridgehead atoms. The number of amides is 3. The Labute approximate surface area is 166 Å². The van der Waals surface area contributed by atoms with E-state index in [1.54, 1.807) is 25.7 Å². The Kier molecular flexibility index (Phi) is 7.05. The van der Waals surface area contributed by atoms with Gasteiger partial charge in [0.25, 0.3) is 5.91 Å². The topological polar surface area (TPSA) is 87.7 Å². The number of piperidine rings is 1. The zero-order valence-electron chi connectivity index (χ0n) is 17.4. The SMILES string of the molecule is Cc1ccc(C(=O)NC2CCN(C(=O)CNC(=O)OC(C)(C)C)CC2)cc1C. The van der Waals surface area contributed by atoms with Crippen molar-refractivity contribution in [2.24, 2.45) is 0 Å². The monoisotopic (exact) mass is 389 g/mol. The number of hydrogen-bond acceptors (Lipinski definition) is 4. The molecule has 0 aliphatic carbocycles. The lowest BCUT2D eigenvalue weighted by Crippen LogP contribution is -2.49. The summed E-state index contributed by atoms with van der Waals surface area (Å²) in [6, 6.07) is 5.71. The lowest BCUT2D eigenvalue weighted by molar-refractivity contribution is -0.131. The highest BCUT2D eigenvalue weighted by Gasteiger charge is 2.25. The Morgan fingerprint density at radius 2 is 1.75 bits per heavy atom. The van der Waals surface area contributed by atoms with Crippen LogP contribution in [0.4, 0.5) is 4.79 Å². The minimum absolute atomic E-state index is 0.0389. The maximum Gasteiger partial charge on any atom is 0.408 e. The third-order valence-electron chi connectivity index (χ3n) is 4.73. The molecule has 2 rings (SSSR count). The van der Waals surface area contributed by atoms with Gasteiger partial charge < -0.3 is 20.3 Å². The van der Waals surface area contributed by atoms with E-state index < -0.39 is 11.7 Å². The van der Waals surface area contributed by atoms with Gasteiger partial charge in [0, 0.05) is 24.7 Å². The number of likely N-dealkylation sites (tertiary alicyclic amines) is 1. The Bertz CT molecular complexity index is 732. The van der Waals surface area contributed by atoms with E-state index in [0.717, 1.165) is 11.1 Å². The number of hydrogen-bond donors (Lipinski definition) is 2. The third-order valence-corrected chi connectivity index (χ3v) is 4.73. The molecule has 0 unspecified atom stereocenters. The molecule has 1 aromatic rings. The van der Waals surface area contributed by atoms with Gasteiger partial charge >= 0.3 is 6.09 Å². The van der Waals surface area contributed by atoms with Crippen LogP contribution in [0.15, 0.2) is 18.2 Å². The zero-order valence-corrected chi connectivity index (χ0v) is 17.4. The Morgan fingerprint density at radius 3 is 2.32 bits per heavy atom. The molecule has 1 aliphatic rings. The molecule has 1 heterocycles. The maximum atomic E-state index is 12.4. The molecular weight excluding hydrogens is 358 g/mol. The number of carbonyl (C=O) groups excluding carboxylic acids is 3. The van der Waals surface area contributed by atoms with Crippen LogP contribution < -0.4 is 10.6 Å². The second-order valence-electron chi connectivity index (χ2n) is 8.28. The minimum atomic E-state index is -0.601. The van der Waals surface area contributed by atoms with Gasteiger partial charge in [-0.2, -0.15) is 0 Å². The van der Waals surface area contributed by atoms with Crippen molar-refractivity contribution in [3.8, 4) is 0 Å². The number of benzene rings is 1. The third kappa shape index (κ3) is 6.55. The second kappa shape index (κ2) is 9.08. The van der Waals surface area contributed by atoms with E-state index in [-0.39, 0.29) is 24.4 Å². The molecule has 2 N–H and O–H groups in total. The van der Waals surface area contributed by atoms with E-state index in [1.807, 2.05) is 32.0 Å². The van der Waals surface area contributed by atoms with Crippen molar-refractivity contribution in [1.29, 1.82) is 0 Å². The van der Waals surface area contributed by atoms with Crippen LogP contribution in [-0.2, 0) is 9.53 Å². The average molecular weight is 389 g/mol. The lowest BCUT2D eigenvalue weighted by Gasteiger charge is -2.32. The smallest absolute Gasteiger partial charge is 0.408 e. The number of nitrogens with one attached hydrogen (secondary N) is 2. The highest BCUT2D eigenvalue weighted by Crippen LogP contribution is 2.14. The van der Waals surface area contributed by atoms with E-state index in [2.05, 4.69) is 10.6 Å². The predicted molar refractivity (Wildman–Crippen MR) is 107 cm³/mol. The molecule has 0 aromatic heterocycles. The first-order valence-electron chi connectivity index (χ1n) is 9.68. The first-order chi connectivity index (χ1) is 13.0. The van der Waals surface area contributed by atoms with Crippen LogP contribution in [-0.4, -0.2) is 54.1 Å². The fourth-order valence-corrected chi connectivity index (χ4v) is 3.00. The van der Waals surface area contributed by atoms with Crippen molar-refractivity contribution in [2.75, 3.05) is 19.6 Å². The Hall–Kier alpha value is -2.57. The summed E-state index contributed by atoms with van der Waals surface area (Å²) in [6.07, 6.45) is 0.778. The zero-order chi connectivity index (χ0) is 20.9. The molecular formula is C21H31N3O4. The van der Waals surface area contributed by atoms with Gasteiger partial charge in [0.05, 0.1) is 0 Å². The van der Waals surface area contributed by atoms with Crippen LogP contribution in [0, 0.1) is 13.8 Å². The Balaban J connectivity index is 1.76. The van der Waals surface area contributed by atoms with Crippen molar-refractivity contribution in [1.82, 2.24) is 15.5 Å². The van der Waals surface area contributed by atoms with Gasteiger partial charge in [-0.15, -0.1) is 0 Å². The summed E-state index contributed by atoms with van der Waals surface area (Å²) in [5, 5.41) is 5.54. The summed E-state index contributed by atoms with van der Waals surface area (Å²) in [5.41, 5.74) is 2.30. The summed E-state index contributed by atoms with van der Waals surface area (Å²) in [7, 11) is 0. The fraction of sp³-hybridized carbons (Fsp3) is 0.571. The largest absolute Gasteiger partial charge is 0.444 e. The number of rotatable bonds is 4. The van der Waals surface area contributed by atoms with Gasteiger partial charge in [-0.1, -0.05) is 6.07 Å². The van der Waals surface area contributed by atoms with Gasteiger partial charge in [-0.3, -0.25) is 9.59 Å². The second-order valence-corrected chi connectivity index (χ2v) is 8.28. The van der Waals surface area contributed by atoms with Crippen LogP contribution in [0.3, 0.4) is 0 Å². The molecule has 3 amide bonds. The molecule has 1 saturated heterocycles. The number of alkyl carbamates (subject to hydrolysis) is 1. The molecule has 0 radical (unpaired) electrons. The lowest BCUT2D eigenvalue weighted by atomic mass is 10.0. The molecule has 1 fully saturated rings. The summed E-state index contributed by atoms with van der Waals surface area (Å²) >= 11 is 0. The fourth-order valence-electron chi connectivity index (χ4n) is 3.00. The van der Waals surface area contributed by atoms with Crippen molar-refractivity contribution < 1.29 is 19.1 Å². The van der Waals surface area contributed by atoms with Crippen LogP contribution >= 0.6 is 0 Å². The van der Waals surface area contributed by atoms with E-state index in [9.17, 15) is 14.4 Å². The number of ether oxygens (including phenoxy) is 1. The molecule has 0 atom stereocenters. The van der Waals surface area contributed by atoms with Crippen LogP contribution in [0.5, 0.6) is 0 Å². The van der Waals surface area contributed by atoms with E-state index in [0.29, 0.717) is 31.5 Å². The molecule has 7 nitrogen and oxygen atoms in total. The van der Waals surface area contributed by atoms with Crippen molar-refractivity contribution in [3.05, 3.63) is 34.9 Å². The normalized spacial score (nSPS) is 15.1. The molecule has 1 aromatic carbocycles. The summed E-state index contributed by atoms with van der Waals surface area (Å²) in [4.78, 5) is 38.0. The molecule has 154 valence electrons. The molecule has 1 aliphatic heterocycles. The first-order valence-corrected chi connectivity index (χ1v) is 9.68. The standard InChI is InChI=1S/C21H31N3O4/c1-14-6-7-16(12-15(14)2)19(26)23-17-8-10-24(11-9-17)18(25)13-22-20(27)28-21(3,4)5/h6-7,12,17H,8-11,13H2,1-5H3,(H,22,27)(H,23,26). The molecule has 28 heavy (non-hydrogen) atoms. The summed E-state index contributed by atoms with van der Waals surface area (Å²) < 4.78 is 5.13. The number of nitrogens with zero attached hydrogens (tertiary/aromatic N) is 1. The van der Waals surface area contributed by atoms with Gasteiger partial charge in [-0.05, 0) is 70.7 Å². The molecule has 0 spiro atoms. The van der Waals surface area contributed by atoms with E-state index >= 15 is 0 Å². The van der Waals surface area contributed by atoms with Crippen molar-refractivity contribution in [3.63, 3.8) is 0 Å². The summed E-state index contributed by atoms with van der Waals surface area (Å²) in [6.45, 7) is 10.3. The van der Waals surface area contributed by atoms with E-state index in [1.165, 1.54) is 0 Å². The summed E-state index contributed by atoms with van der Waals surface area (Å²) in [5.74, 6) is -0.232. The van der Waals surface area contributed by atoms with Crippen molar-refractivity contribution in [2.45, 2.75) is 59.1 Å². The van der Waals surface area contributed by atoms with Crippen LogP contribution in [0.1, 0.15) is 55.1 Å².